The number of benzene rings is 1. The van der Waals surface area contributed by atoms with E-state index in [2.05, 4.69) is 15.4 Å². The van der Waals surface area contributed by atoms with Crippen molar-refractivity contribution in [2.75, 3.05) is 7.11 Å². The summed E-state index contributed by atoms with van der Waals surface area (Å²) in [7, 11) is 1.29. The highest BCUT2D eigenvalue weighted by molar-refractivity contribution is 6.08. The molecule has 0 fully saturated rings. The first-order chi connectivity index (χ1) is 15.4. The van der Waals surface area contributed by atoms with E-state index in [1.807, 2.05) is 42.5 Å². The molecule has 0 spiro atoms. The van der Waals surface area contributed by atoms with E-state index in [1.165, 1.54) is 7.11 Å². The highest BCUT2D eigenvalue weighted by atomic mass is 16.5. The molecule has 0 aliphatic carbocycles. The standard InChI is InChI=1S/C24H23N5O3/c1-24(2,23(31)32-3)28-22(30)18-13-20(17-7-5-4-6-8-17)27-21-19(18)14-26-29(21)15-16-9-11-25-12-10-16/h4-14H,15H2,1-3H3,(H,28,30). The number of rotatable bonds is 6. The Hall–Kier alpha value is -4.07. The van der Waals surface area contributed by atoms with Gasteiger partial charge in [-0.2, -0.15) is 5.10 Å². The Kier molecular flexibility index (Phi) is 5.68. The van der Waals surface area contributed by atoms with E-state index in [0.717, 1.165) is 11.1 Å². The monoisotopic (exact) mass is 429 g/mol. The maximum Gasteiger partial charge on any atom is 0.330 e. The second-order valence-corrected chi connectivity index (χ2v) is 7.89. The van der Waals surface area contributed by atoms with Crippen LogP contribution >= 0.6 is 0 Å². The minimum Gasteiger partial charge on any atom is -0.467 e. The van der Waals surface area contributed by atoms with Crippen LogP contribution in [0.1, 0.15) is 29.8 Å². The van der Waals surface area contributed by atoms with Crippen LogP contribution in [0.4, 0.5) is 0 Å². The molecule has 0 bridgehead atoms. The van der Waals surface area contributed by atoms with Gasteiger partial charge in [0.1, 0.15) is 5.54 Å². The number of nitrogens with one attached hydrogen (secondary N) is 1. The third kappa shape index (κ3) is 4.20. The fourth-order valence-corrected chi connectivity index (χ4v) is 3.43. The minimum atomic E-state index is -1.19. The number of carbonyl (C=O) groups is 2. The lowest BCUT2D eigenvalue weighted by Gasteiger charge is -2.23. The summed E-state index contributed by atoms with van der Waals surface area (Å²) in [6, 6.07) is 15.1. The minimum absolute atomic E-state index is 0.381. The first-order valence-corrected chi connectivity index (χ1v) is 10.1. The summed E-state index contributed by atoms with van der Waals surface area (Å²) in [6.07, 6.45) is 5.06. The zero-order chi connectivity index (χ0) is 22.7. The Labute approximate surface area is 185 Å². The van der Waals surface area contributed by atoms with Gasteiger partial charge in [-0.1, -0.05) is 30.3 Å². The van der Waals surface area contributed by atoms with Gasteiger partial charge < -0.3 is 10.1 Å². The van der Waals surface area contributed by atoms with Crippen molar-refractivity contribution in [1.29, 1.82) is 0 Å². The number of amides is 1. The number of nitrogens with zero attached hydrogens (tertiary/aromatic N) is 4. The predicted octanol–water partition coefficient (Wildman–Crippen LogP) is 3.22. The Balaban J connectivity index is 1.82. The third-order valence-electron chi connectivity index (χ3n) is 5.13. The van der Waals surface area contributed by atoms with E-state index >= 15 is 0 Å². The van der Waals surface area contributed by atoms with E-state index in [9.17, 15) is 9.59 Å². The van der Waals surface area contributed by atoms with Gasteiger partial charge in [0, 0.05) is 18.0 Å². The maximum absolute atomic E-state index is 13.3. The molecule has 0 aliphatic heterocycles. The molecule has 3 heterocycles. The van der Waals surface area contributed by atoms with Crippen molar-refractivity contribution in [3.8, 4) is 11.3 Å². The number of aromatic nitrogens is 4. The average Bonchev–Trinajstić information content (AvgIpc) is 3.21. The van der Waals surface area contributed by atoms with E-state index in [0.29, 0.717) is 28.8 Å². The van der Waals surface area contributed by atoms with Gasteiger partial charge >= 0.3 is 5.97 Å². The topological polar surface area (TPSA) is 99.0 Å². The van der Waals surface area contributed by atoms with Crippen molar-refractivity contribution in [2.24, 2.45) is 0 Å². The summed E-state index contributed by atoms with van der Waals surface area (Å²) in [5, 5.41) is 7.84. The van der Waals surface area contributed by atoms with Gasteiger partial charge in [-0.05, 0) is 37.6 Å². The molecule has 1 amide bonds. The Bertz CT molecular complexity index is 1270. The lowest BCUT2D eigenvalue weighted by Crippen LogP contribution is -2.50. The molecule has 4 aromatic rings. The van der Waals surface area contributed by atoms with Crippen molar-refractivity contribution >= 4 is 22.9 Å². The smallest absolute Gasteiger partial charge is 0.330 e. The number of methoxy groups -OCH3 is 1. The molecule has 0 unspecified atom stereocenters. The summed E-state index contributed by atoms with van der Waals surface area (Å²) in [5.74, 6) is -0.943. The fourth-order valence-electron chi connectivity index (χ4n) is 3.43. The Morgan fingerprint density at radius 3 is 2.50 bits per heavy atom. The molecule has 8 nitrogen and oxygen atoms in total. The van der Waals surface area contributed by atoms with Gasteiger partial charge in [0.2, 0.25) is 0 Å². The molecule has 1 aromatic carbocycles. The van der Waals surface area contributed by atoms with E-state index in [-0.39, 0.29) is 0 Å². The summed E-state index contributed by atoms with van der Waals surface area (Å²) < 4.78 is 6.56. The van der Waals surface area contributed by atoms with Gasteiger partial charge in [-0.3, -0.25) is 9.78 Å². The van der Waals surface area contributed by atoms with Gasteiger partial charge in [-0.15, -0.1) is 0 Å². The van der Waals surface area contributed by atoms with Crippen LogP contribution in [0.5, 0.6) is 0 Å². The van der Waals surface area contributed by atoms with Crippen LogP contribution in [-0.2, 0) is 16.1 Å². The van der Waals surface area contributed by atoms with Crippen LogP contribution < -0.4 is 5.32 Å². The normalized spacial score (nSPS) is 11.3. The van der Waals surface area contributed by atoms with Crippen LogP contribution in [0.3, 0.4) is 0 Å². The highest BCUT2D eigenvalue weighted by Gasteiger charge is 2.32. The lowest BCUT2D eigenvalue weighted by molar-refractivity contribution is -0.146. The van der Waals surface area contributed by atoms with Crippen LogP contribution in [0, 0.1) is 0 Å². The first kappa shape index (κ1) is 21.2. The molecular weight excluding hydrogens is 406 g/mol. The van der Waals surface area contributed by atoms with Crippen molar-refractivity contribution in [2.45, 2.75) is 25.9 Å². The molecule has 162 valence electrons. The largest absolute Gasteiger partial charge is 0.467 e. The van der Waals surface area contributed by atoms with E-state index in [1.54, 1.807) is 43.2 Å². The molecule has 32 heavy (non-hydrogen) atoms. The van der Waals surface area contributed by atoms with Gasteiger partial charge in [0.15, 0.2) is 5.65 Å². The zero-order valence-corrected chi connectivity index (χ0v) is 18.1. The van der Waals surface area contributed by atoms with Crippen LogP contribution in [-0.4, -0.2) is 44.3 Å². The molecule has 0 radical (unpaired) electrons. The molecular formula is C24H23N5O3. The van der Waals surface area contributed by atoms with Crippen molar-refractivity contribution in [3.63, 3.8) is 0 Å². The van der Waals surface area contributed by atoms with Crippen molar-refractivity contribution in [3.05, 3.63) is 78.2 Å². The number of hydrogen-bond donors (Lipinski definition) is 1. The fraction of sp³-hybridized carbons (Fsp3) is 0.208. The van der Waals surface area contributed by atoms with Crippen molar-refractivity contribution < 1.29 is 14.3 Å². The summed E-state index contributed by atoms with van der Waals surface area (Å²) in [6.45, 7) is 3.67. The first-order valence-electron chi connectivity index (χ1n) is 10.1. The quantitative estimate of drug-likeness (QED) is 0.473. The number of fused-ring (bicyclic) bond motifs is 1. The molecule has 0 saturated carbocycles. The SMILES string of the molecule is COC(=O)C(C)(C)NC(=O)c1cc(-c2ccccc2)nc2c1cnn2Cc1ccncc1. The van der Waals surface area contributed by atoms with E-state index < -0.39 is 17.4 Å². The summed E-state index contributed by atoms with van der Waals surface area (Å²) in [4.78, 5) is 34.2. The second kappa shape index (κ2) is 8.58. The van der Waals surface area contributed by atoms with Gasteiger partial charge in [-0.25, -0.2) is 14.5 Å². The van der Waals surface area contributed by atoms with Gasteiger partial charge in [0.25, 0.3) is 5.91 Å². The number of hydrogen-bond acceptors (Lipinski definition) is 6. The highest BCUT2D eigenvalue weighted by Crippen LogP contribution is 2.26. The molecule has 0 aliphatic rings. The van der Waals surface area contributed by atoms with Crippen molar-refractivity contribution in [1.82, 2.24) is 25.1 Å². The van der Waals surface area contributed by atoms with Gasteiger partial charge in [0.05, 0.1) is 36.5 Å². The lowest BCUT2D eigenvalue weighted by atomic mass is 10.0. The van der Waals surface area contributed by atoms with Crippen LogP contribution in [0.15, 0.2) is 67.1 Å². The maximum atomic E-state index is 13.3. The molecule has 0 saturated heterocycles. The Morgan fingerprint density at radius 1 is 1.09 bits per heavy atom. The summed E-state index contributed by atoms with van der Waals surface area (Å²) in [5.41, 5.74) is 2.27. The third-order valence-corrected chi connectivity index (χ3v) is 5.13. The van der Waals surface area contributed by atoms with Crippen LogP contribution in [0.25, 0.3) is 22.3 Å². The molecule has 1 N–H and O–H groups in total. The van der Waals surface area contributed by atoms with E-state index in [4.69, 9.17) is 9.72 Å². The molecule has 0 atom stereocenters. The summed E-state index contributed by atoms with van der Waals surface area (Å²) >= 11 is 0. The number of ether oxygens (including phenoxy) is 1. The Morgan fingerprint density at radius 2 is 1.81 bits per heavy atom. The number of carbonyl (C=O) groups excluding carboxylic acids is 2. The predicted molar refractivity (Wildman–Crippen MR) is 120 cm³/mol. The molecule has 4 rings (SSSR count). The zero-order valence-electron chi connectivity index (χ0n) is 18.1. The van der Waals surface area contributed by atoms with Crippen LogP contribution in [0.2, 0.25) is 0 Å². The molecule has 3 aromatic heterocycles. The second-order valence-electron chi connectivity index (χ2n) is 7.89. The molecule has 8 heteroatoms. The average molecular weight is 429 g/mol. The number of esters is 1. The number of pyridine rings is 2.